The zero-order chi connectivity index (χ0) is 17.1. The smallest absolute Gasteiger partial charge is 0.314 e. The van der Waals surface area contributed by atoms with Crippen LogP contribution in [0.25, 0.3) is 0 Å². The molecule has 1 aliphatic rings. The Labute approximate surface area is 139 Å². The SMILES string of the molecule is CN1Cc2ccc(NC(=O)C(=O)Nc3ccc(C#N)cc3)cc2C1. The van der Waals surface area contributed by atoms with Crippen LogP contribution in [-0.4, -0.2) is 23.8 Å². The molecule has 1 aliphatic heterocycles. The summed E-state index contributed by atoms with van der Waals surface area (Å²) in [6.07, 6.45) is 0. The molecule has 6 heteroatoms. The van der Waals surface area contributed by atoms with Crippen LogP contribution >= 0.6 is 0 Å². The van der Waals surface area contributed by atoms with Gasteiger partial charge in [0, 0.05) is 24.5 Å². The van der Waals surface area contributed by atoms with Crippen molar-refractivity contribution in [1.29, 1.82) is 5.26 Å². The van der Waals surface area contributed by atoms with Gasteiger partial charge in [0.2, 0.25) is 0 Å². The minimum absolute atomic E-state index is 0.463. The number of fused-ring (bicyclic) bond motifs is 1. The highest BCUT2D eigenvalue weighted by atomic mass is 16.2. The lowest BCUT2D eigenvalue weighted by Gasteiger charge is -2.08. The lowest BCUT2D eigenvalue weighted by Crippen LogP contribution is -2.29. The molecular formula is C18H16N4O2. The van der Waals surface area contributed by atoms with Gasteiger partial charge in [0.15, 0.2) is 0 Å². The van der Waals surface area contributed by atoms with Crippen molar-refractivity contribution in [3.05, 3.63) is 59.2 Å². The first-order valence-electron chi connectivity index (χ1n) is 7.48. The van der Waals surface area contributed by atoms with Crippen LogP contribution in [0.4, 0.5) is 11.4 Å². The lowest BCUT2D eigenvalue weighted by molar-refractivity contribution is -0.132. The van der Waals surface area contributed by atoms with Crippen molar-refractivity contribution in [3.63, 3.8) is 0 Å². The molecule has 2 N–H and O–H groups in total. The number of amides is 2. The third-order valence-electron chi connectivity index (χ3n) is 3.82. The van der Waals surface area contributed by atoms with Gasteiger partial charge in [0.1, 0.15) is 0 Å². The van der Waals surface area contributed by atoms with Gasteiger partial charge in [0.25, 0.3) is 0 Å². The van der Waals surface area contributed by atoms with E-state index in [1.165, 1.54) is 5.56 Å². The zero-order valence-corrected chi connectivity index (χ0v) is 13.2. The maximum atomic E-state index is 12.0. The number of rotatable bonds is 2. The fraction of sp³-hybridized carbons (Fsp3) is 0.167. The van der Waals surface area contributed by atoms with E-state index in [2.05, 4.69) is 15.5 Å². The Kier molecular flexibility index (Phi) is 4.27. The van der Waals surface area contributed by atoms with E-state index in [4.69, 9.17) is 5.26 Å². The first-order valence-corrected chi connectivity index (χ1v) is 7.48. The van der Waals surface area contributed by atoms with Gasteiger partial charge < -0.3 is 10.6 Å². The average molecular weight is 320 g/mol. The van der Waals surface area contributed by atoms with E-state index >= 15 is 0 Å². The Bertz CT molecular complexity index is 837. The number of anilines is 2. The average Bonchev–Trinajstić information content (AvgIpc) is 2.94. The molecule has 2 aromatic carbocycles. The largest absolute Gasteiger partial charge is 0.318 e. The molecule has 2 aromatic rings. The molecule has 0 unspecified atom stereocenters. The summed E-state index contributed by atoms with van der Waals surface area (Å²) in [5, 5.41) is 13.9. The molecule has 0 radical (unpaired) electrons. The van der Waals surface area contributed by atoms with E-state index in [0.717, 1.165) is 18.7 Å². The van der Waals surface area contributed by atoms with Crippen LogP contribution in [0.15, 0.2) is 42.5 Å². The molecule has 0 saturated carbocycles. The summed E-state index contributed by atoms with van der Waals surface area (Å²) in [5.41, 5.74) is 3.94. The monoisotopic (exact) mass is 320 g/mol. The molecule has 2 amide bonds. The number of carbonyl (C=O) groups excluding carboxylic acids is 2. The summed E-state index contributed by atoms with van der Waals surface area (Å²) in [7, 11) is 2.03. The summed E-state index contributed by atoms with van der Waals surface area (Å²) < 4.78 is 0. The van der Waals surface area contributed by atoms with E-state index < -0.39 is 11.8 Å². The summed E-state index contributed by atoms with van der Waals surface area (Å²) in [4.78, 5) is 26.2. The Morgan fingerprint density at radius 2 is 1.54 bits per heavy atom. The van der Waals surface area contributed by atoms with E-state index in [0.29, 0.717) is 16.9 Å². The number of carbonyl (C=O) groups is 2. The van der Waals surface area contributed by atoms with Crippen LogP contribution in [0.2, 0.25) is 0 Å². The van der Waals surface area contributed by atoms with Gasteiger partial charge in [-0.3, -0.25) is 14.5 Å². The lowest BCUT2D eigenvalue weighted by atomic mass is 10.1. The Hall–Kier alpha value is -3.17. The summed E-state index contributed by atoms with van der Waals surface area (Å²) >= 11 is 0. The topological polar surface area (TPSA) is 85.2 Å². The molecule has 0 bridgehead atoms. The first kappa shape index (κ1) is 15.7. The molecule has 3 rings (SSSR count). The standard InChI is InChI=1S/C18H16N4O2/c1-22-10-13-4-7-16(8-14(13)11-22)21-18(24)17(23)20-15-5-2-12(9-19)3-6-15/h2-8H,10-11H2,1H3,(H,20,23)(H,21,24). The van der Waals surface area contributed by atoms with Gasteiger partial charge >= 0.3 is 11.8 Å². The normalized spacial score (nSPS) is 13.0. The van der Waals surface area contributed by atoms with E-state index in [1.807, 2.05) is 25.2 Å². The molecule has 0 aliphatic carbocycles. The number of hydrogen-bond donors (Lipinski definition) is 2. The van der Waals surface area contributed by atoms with Gasteiger partial charge in [0.05, 0.1) is 11.6 Å². The van der Waals surface area contributed by atoms with Crippen molar-refractivity contribution in [2.45, 2.75) is 13.1 Å². The highest BCUT2D eigenvalue weighted by Gasteiger charge is 2.18. The third kappa shape index (κ3) is 3.42. The van der Waals surface area contributed by atoms with Crippen LogP contribution in [0, 0.1) is 11.3 Å². The van der Waals surface area contributed by atoms with Crippen LogP contribution in [0.1, 0.15) is 16.7 Å². The number of hydrogen-bond acceptors (Lipinski definition) is 4. The minimum atomic E-state index is -0.752. The van der Waals surface area contributed by atoms with Gasteiger partial charge in [-0.15, -0.1) is 0 Å². The van der Waals surface area contributed by atoms with E-state index in [1.54, 1.807) is 30.3 Å². The highest BCUT2D eigenvalue weighted by molar-refractivity contribution is 6.43. The van der Waals surface area contributed by atoms with Crippen molar-refractivity contribution in [2.75, 3.05) is 17.7 Å². The van der Waals surface area contributed by atoms with Crippen LogP contribution < -0.4 is 10.6 Å². The molecule has 120 valence electrons. The van der Waals surface area contributed by atoms with Crippen LogP contribution in [0.5, 0.6) is 0 Å². The van der Waals surface area contributed by atoms with Crippen LogP contribution in [0.3, 0.4) is 0 Å². The van der Waals surface area contributed by atoms with Crippen molar-refractivity contribution in [3.8, 4) is 6.07 Å². The molecule has 0 fully saturated rings. The van der Waals surface area contributed by atoms with Gasteiger partial charge in [-0.2, -0.15) is 5.26 Å². The number of nitriles is 1. The second-order valence-electron chi connectivity index (χ2n) is 5.75. The predicted molar refractivity (Wildman–Crippen MR) is 90.0 cm³/mol. The van der Waals surface area contributed by atoms with Gasteiger partial charge in [-0.05, 0) is 54.6 Å². The molecule has 1 heterocycles. The van der Waals surface area contributed by atoms with Crippen molar-refractivity contribution < 1.29 is 9.59 Å². The highest BCUT2D eigenvalue weighted by Crippen LogP contribution is 2.24. The second kappa shape index (κ2) is 6.52. The fourth-order valence-electron chi connectivity index (χ4n) is 2.65. The molecule has 6 nitrogen and oxygen atoms in total. The molecule has 0 spiro atoms. The summed E-state index contributed by atoms with van der Waals surface area (Å²) in [6, 6.07) is 14.0. The van der Waals surface area contributed by atoms with Gasteiger partial charge in [-0.1, -0.05) is 6.07 Å². The number of nitrogens with zero attached hydrogens (tertiary/aromatic N) is 2. The third-order valence-corrected chi connectivity index (χ3v) is 3.82. The number of nitrogens with one attached hydrogen (secondary N) is 2. The zero-order valence-electron chi connectivity index (χ0n) is 13.2. The maximum Gasteiger partial charge on any atom is 0.314 e. The van der Waals surface area contributed by atoms with Crippen molar-refractivity contribution >= 4 is 23.2 Å². The minimum Gasteiger partial charge on any atom is -0.318 e. The predicted octanol–water partition coefficient (Wildman–Crippen LogP) is 2.08. The molecular weight excluding hydrogens is 304 g/mol. The maximum absolute atomic E-state index is 12.0. The quantitative estimate of drug-likeness (QED) is 0.830. The van der Waals surface area contributed by atoms with E-state index in [9.17, 15) is 9.59 Å². The second-order valence-corrected chi connectivity index (χ2v) is 5.75. The number of benzene rings is 2. The van der Waals surface area contributed by atoms with E-state index in [-0.39, 0.29) is 0 Å². The van der Waals surface area contributed by atoms with Crippen molar-refractivity contribution in [1.82, 2.24) is 4.90 Å². The van der Waals surface area contributed by atoms with Crippen molar-refractivity contribution in [2.24, 2.45) is 0 Å². The molecule has 24 heavy (non-hydrogen) atoms. The van der Waals surface area contributed by atoms with Gasteiger partial charge in [-0.25, -0.2) is 0 Å². The Morgan fingerprint density at radius 1 is 0.958 bits per heavy atom. The Balaban J connectivity index is 1.63. The molecule has 0 atom stereocenters. The van der Waals surface area contributed by atoms with Crippen LogP contribution in [-0.2, 0) is 22.7 Å². The Morgan fingerprint density at radius 3 is 2.21 bits per heavy atom. The first-order chi connectivity index (χ1) is 11.5. The fourth-order valence-corrected chi connectivity index (χ4v) is 2.65. The summed E-state index contributed by atoms with van der Waals surface area (Å²) in [6.45, 7) is 1.72. The summed E-state index contributed by atoms with van der Waals surface area (Å²) in [5.74, 6) is -1.48. The molecule has 0 aromatic heterocycles. The molecule has 0 saturated heterocycles.